The fourth-order valence-electron chi connectivity index (χ4n) is 4.46. The van der Waals surface area contributed by atoms with E-state index in [4.69, 9.17) is 14.2 Å². The van der Waals surface area contributed by atoms with E-state index in [-0.39, 0.29) is 48.5 Å². The first-order chi connectivity index (χ1) is 18.0. The first kappa shape index (κ1) is 25.8. The van der Waals surface area contributed by atoms with Crippen molar-refractivity contribution in [1.82, 2.24) is 24.9 Å². The summed E-state index contributed by atoms with van der Waals surface area (Å²) in [6, 6.07) is 3.92. The molecule has 1 saturated carbocycles. The Labute approximate surface area is 214 Å². The third-order valence-corrected chi connectivity index (χ3v) is 6.63. The maximum atomic E-state index is 15.0. The van der Waals surface area contributed by atoms with Crippen molar-refractivity contribution in [2.45, 2.75) is 43.4 Å². The Morgan fingerprint density at radius 2 is 1.79 bits per heavy atom. The van der Waals surface area contributed by atoms with Gasteiger partial charge in [-0.15, -0.1) is 0 Å². The second kappa shape index (κ2) is 9.17. The van der Waals surface area contributed by atoms with E-state index in [2.05, 4.69) is 24.9 Å². The van der Waals surface area contributed by atoms with E-state index in [0.29, 0.717) is 17.1 Å². The summed E-state index contributed by atoms with van der Waals surface area (Å²) in [7, 11) is 2.81. The molecule has 0 N–H and O–H groups in total. The van der Waals surface area contributed by atoms with Crippen molar-refractivity contribution in [3.05, 3.63) is 42.0 Å². The van der Waals surface area contributed by atoms with E-state index in [9.17, 15) is 13.2 Å². The Morgan fingerprint density at radius 1 is 1.03 bits per heavy atom. The zero-order chi connectivity index (χ0) is 27.3. The summed E-state index contributed by atoms with van der Waals surface area (Å²) in [5.41, 5.74) is -1.27. The van der Waals surface area contributed by atoms with E-state index in [1.165, 1.54) is 37.4 Å². The first-order valence-corrected chi connectivity index (χ1v) is 11.6. The van der Waals surface area contributed by atoms with Crippen LogP contribution in [0.5, 0.6) is 17.8 Å². The van der Waals surface area contributed by atoms with Crippen molar-refractivity contribution in [3.8, 4) is 29.0 Å². The molecule has 0 aromatic carbocycles. The number of halogens is 5. The highest BCUT2D eigenvalue weighted by Gasteiger charge is 2.64. The third kappa shape index (κ3) is 4.63. The van der Waals surface area contributed by atoms with Crippen LogP contribution in [0, 0.1) is 6.92 Å². The Morgan fingerprint density at radius 3 is 2.45 bits per heavy atom. The van der Waals surface area contributed by atoms with Gasteiger partial charge in [0.1, 0.15) is 11.6 Å². The maximum Gasteiger partial charge on any atom is 0.398 e. The monoisotopic (exact) mass is 538 g/mol. The zero-order valence-corrected chi connectivity index (χ0v) is 20.6. The largest absolute Gasteiger partial charge is 0.480 e. The van der Waals surface area contributed by atoms with Gasteiger partial charge in [0.2, 0.25) is 11.8 Å². The summed E-state index contributed by atoms with van der Waals surface area (Å²) < 4.78 is 86.4. The summed E-state index contributed by atoms with van der Waals surface area (Å²) in [5.74, 6) is -2.94. The highest BCUT2D eigenvalue weighted by atomic mass is 19.4. The van der Waals surface area contributed by atoms with E-state index in [1.54, 1.807) is 6.92 Å². The molecule has 202 valence electrons. The number of rotatable bonds is 7. The predicted molar refractivity (Wildman–Crippen MR) is 124 cm³/mol. The fourth-order valence-corrected chi connectivity index (χ4v) is 4.46. The molecule has 4 heterocycles. The van der Waals surface area contributed by atoms with Gasteiger partial charge in [0.05, 0.1) is 44.0 Å². The second-order valence-electron chi connectivity index (χ2n) is 9.15. The van der Waals surface area contributed by atoms with E-state index in [0.717, 1.165) is 12.3 Å². The molecule has 1 unspecified atom stereocenters. The van der Waals surface area contributed by atoms with Gasteiger partial charge in [0, 0.05) is 24.5 Å². The number of anilines is 1. The van der Waals surface area contributed by atoms with Gasteiger partial charge in [-0.1, -0.05) is 0 Å². The molecule has 3 aromatic heterocycles. The topological polar surface area (TPSA) is 95.4 Å². The average Bonchev–Trinajstić information content (AvgIpc) is 3.64. The van der Waals surface area contributed by atoms with Crippen LogP contribution >= 0.6 is 0 Å². The van der Waals surface area contributed by atoms with Crippen LogP contribution in [0.4, 0.5) is 27.8 Å². The van der Waals surface area contributed by atoms with Crippen molar-refractivity contribution in [3.63, 3.8) is 0 Å². The highest BCUT2D eigenvalue weighted by molar-refractivity contribution is 5.67. The van der Waals surface area contributed by atoms with E-state index in [1.807, 2.05) is 0 Å². The molecule has 38 heavy (non-hydrogen) atoms. The number of aromatic nitrogens is 5. The van der Waals surface area contributed by atoms with Gasteiger partial charge in [-0.25, -0.2) is 28.7 Å². The first-order valence-electron chi connectivity index (χ1n) is 11.6. The van der Waals surface area contributed by atoms with Crippen LogP contribution in [0.2, 0.25) is 0 Å². The maximum absolute atomic E-state index is 15.0. The molecule has 1 aliphatic heterocycles. The third-order valence-electron chi connectivity index (χ3n) is 6.63. The van der Waals surface area contributed by atoms with Gasteiger partial charge in [-0.3, -0.25) is 0 Å². The van der Waals surface area contributed by atoms with Crippen molar-refractivity contribution >= 4 is 5.82 Å². The summed E-state index contributed by atoms with van der Waals surface area (Å²) in [6.45, 7) is 0.598. The molecule has 3 aromatic rings. The van der Waals surface area contributed by atoms with Crippen molar-refractivity contribution < 1.29 is 36.2 Å². The van der Waals surface area contributed by atoms with Crippen LogP contribution in [0.15, 0.2) is 30.6 Å². The minimum atomic E-state index is -4.44. The fraction of sp³-hybridized carbons (Fsp3) is 0.458. The van der Waals surface area contributed by atoms with Gasteiger partial charge >= 0.3 is 18.1 Å². The number of nitrogens with zero attached hydrogens (tertiary/aromatic N) is 6. The lowest BCUT2D eigenvalue weighted by molar-refractivity contribution is -0.160. The Kier molecular flexibility index (Phi) is 6.22. The van der Waals surface area contributed by atoms with Crippen molar-refractivity contribution in [2.75, 3.05) is 32.2 Å². The molecule has 14 heteroatoms. The Balaban J connectivity index is 1.39. The summed E-state index contributed by atoms with van der Waals surface area (Å²) >= 11 is 0. The van der Waals surface area contributed by atoms with Crippen LogP contribution in [0.3, 0.4) is 0 Å². The number of alkyl halides is 5. The number of pyridine rings is 1. The molecule has 1 aliphatic carbocycles. The molecule has 0 amide bonds. The molecule has 1 atom stereocenters. The van der Waals surface area contributed by atoms with Crippen LogP contribution < -0.4 is 19.1 Å². The van der Waals surface area contributed by atoms with Gasteiger partial charge in [0.25, 0.3) is 0 Å². The van der Waals surface area contributed by atoms with Crippen molar-refractivity contribution in [2.24, 2.45) is 0 Å². The summed E-state index contributed by atoms with van der Waals surface area (Å²) in [4.78, 5) is 22.0. The molecule has 5 rings (SSSR count). The quantitative estimate of drug-likeness (QED) is 0.411. The Bertz CT molecular complexity index is 1350. The van der Waals surface area contributed by atoms with Gasteiger partial charge < -0.3 is 19.1 Å². The lowest BCUT2D eigenvalue weighted by Crippen LogP contribution is -2.36. The van der Waals surface area contributed by atoms with Crippen LogP contribution in [-0.2, 0) is 5.41 Å². The number of ether oxygens (including phenoxy) is 3. The molecule has 9 nitrogen and oxygen atoms in total. The lowest BCUT2D eigenvalue weighted by Gasteiger charge is -2.22. The number of methoxy groups -OCH3 is 2. The van der Waals surface area contributed by atoms with Crippen LogP contribution in [-0.4, -0.2) is 70.4 Å². The summed E-state index contributed by atoms with van der Waals surface area (Å²) in [6.07, 6.45) is -3.65. The molecule has 1 saturated heterocycles. The van der Waals surface area contributed by atoms with Crippen LogP contribution in [0.25, 0.3) is 11.3 Å². The molecule has 0 bridgehead atoms. The SMILES string of the molecule is COc1ncc(-c2cc(N3CC(Oc4cc(C5(C(F)(F)F)CC5)ccn4)C(F)(F)C3)nc(C)n2)c(OC)n1. The number of hydrogen-bond acceptors (Lipinski definition) is 9. The molecule has 2 aliphatic rings. The zero-order valence-electron chi connectivity index (χ0n) is 20.6. The number of aryl methyl sites for hydroxylation is 1. The molecule has 0 spiro atoms. The minimum absolute atomic E-state index is 0.0418. The van der Waals surface area contributed by atoms with Gasteiger partial charge in [-0.2, -0.15) is 18.2 Å². The normalized spacial score (nSPS) is 19.8. The highest BCUT2D eigenvalue weighted by Crippen LogP contribution is 2.59. The average molecular weight is 538 g/mol. The summed E-state index contributed by atoms with van der Waals surface area (Å²) in [5, 5.41) is 0. The van der Waals surface area contributed by atoms with Crippen LogP contribution in [0.1, 0.15) is 24.2 Å². The molecule has 0 radical (unpaired) electrons. The van der Waals surface area contributed by atoms with Gasteiger partial charge in [-0.05, 0) is 31.4 Å². The molecule has 2 fully saturated rings. The standard InChI is InChI=1S/C24H23F5N6O3/c1-13-32-16(15-10-31-21(37-3)34-20(15)36-2)9-18(33-13)35-11-17(23(25,26)12-35)38-19-8-14(4-7-30-19)22(5-6-22)24(27,28)29/h4,7-10,17H,5-6,11-12H2,1-3H3. The smallest absolute Gasteiger partial charge is 0.398 e. The van der Waals surface area contributed by atoms with E-state index < -0.39 is 30.2 Å². The molecular weight excluding hydrogens is 515 g/mol. The number of hydrogen-bond donors (Lipinski definition) is 0. The molecular formula is C24H23F5N6O3. The lowest BCUT2D eigenvalue weighted by atomic mass is 9.96. The second-order valence-corrected chi connectivity index (χ2v) is 9.15. The van der Waals surface area contributed by atoms with Crippen molar-refractivity contribution in [1.29, 1.82) is 0 Å². The van der Waals surface area contributed by atoms with E-state index >= 15 is 8.78 Å². The minimum Gasteiger partial charge on any atom is -0.480 e. The Hall–Kier alpha value is -3.84. The predicted octanol–water partition coefficient (Wildman–Crippen LogP) is 4.15. The van der Waals surface area contributed by atoms with Gasteiger partial charge in [0.15, 0.2) is 6.10 Å².